The molecule has 1 atom stereocenters. The first kappa shape index (κ1) is 32.0. The van der Waals surface area contributed by atoms with E-state index in [-0.39, 0.29) is 6.17 Å². The number of hydrogen-bond donors (Lipinski definition) is 1. The van der Waals surface area contributed by atoms with Gasteiger partial charge < -0.3 is 14.3 Å². The van der Waals surface area contributed by atoms with Gasteiger partial charge in [-0.1, -0.05) is 133 Å². The summed E-state index contributed by atoms with van der Waals surface area (Å²) in [5.41, 5.74) is 10.4. The second kappa shape index (κ2) is 12.6. The summed E-state index contributed by atoms with van der Waals surface area (Å²) in [5, 5.41) is 10.7. The zero-order chi connectivity index (χ0) is 37.5. The third-order valence-corrected chi connectivity index (χ3v) is 12.5. The molecule has 3 aromatic heterocycles. The Morgan fingerprint density at radius 3 is 2.14 bits per heavy atom. The van der Waals surface area contributed by atoms with Crippen molar-refractivity contribution in [3.05, 3.63) is 199 Å². The van der Waals surface area contributed by atoms with Crippen LogP contribution >= 0.6 is 11.3 Å². The average molecular weight is 749 g/mol. The Bertz CT molecular complexity index is 3450. The first-order valence-corrected chi connectivity index (χ1v) is 20.0. The molecule has 12 rings (SSSR count). The first-order chi connectivity index (χ1) is 28.2. The lowest BCUT2D eigenvalue weighted by Crippen LogP contribution is -2.33. The van der Waals surface area contributed by atoms with Crippen LogP contribution in [-0.2, 0) is 0 Å². The van der Waals surface area contributed by atoms with E-state index in [1.807, 2.05) is 18.2 Å². The van der Waals surface area contributed by atoms with E-state index >= 15 is 0 Å². The summed E-state index contributed by atoms with van der Waals surface area (Å²) in [4.78, 5) is 10.6. The van der Waals surface area contributed by atoms with E-state index in [1.54, 1.807) is 11.3 Å². The number of para-hydroxylation sites is 1. The molecule has 8 aromatic carbocycles. The fraction of sp³-hybridized carbons (Fsp3) is 0.0196. The number of rotatable bonds is 5. The lowest BCUT2D eigenvalue weighted by Gasteiger charge is -2.24. The Kier molecular flexibility index (Phi) is 7.09. The minimum Gasteiger partial charge on any atom is -0.456 e. The van der Waals surface area contributed by atoms with Crippen molar-refractivity contribution in [3.8, 4) is 16.8 Å². The molecule has 0 aliphatic carbocycles. The molecule has 11 aromatic rings. The molecule has 0 radical (unpaired) electrons. The molecular weight excluding hydrogens is 717 g/mol. The van der Waals surface area contributed by atoms with Crippen LogP contribution in [0.4, 0.5) is 0 Å². The van der Waals surface area contributed by atoms with E-state index in [9.17, 15) is 0 Å². The first-order valence-electron chi connectivity index (χ1n) is 19.2. The fourth-order valence-electron chi connectivity index (χ4n) is 8.64. The van der Waals surface area contributed by atoms with Gasteiger partial charge in [0.2, 0.25) is 0 Å². The van der Waals surface area contributed by atoms with Crippen molar-refractivity contribution in [1.29, 1.82) is 0 Å². The smallest absolute Gasteiger partial charge is 0.160 e. The van der Waals surface area contributed by atoms with Gasteiger partial charge in [0.25, 0.3) is 0 Å². The summed E-state index contributed by atoms with van der Waals surface area (Å²) in [7, 11) is 0. The van der Waals surface area contributed by atoms with Crippen LogP contribution in [0.25, 0.3) is 80.7 Å². The van der Waals surface area contributed by atoms with Gasteiger partial charge >= 0.3 is 0 Å². The zero-order valence-corrected chi connectivity index (χ0v) is 31.4. The molecular formula is C51H32N4OS. The maximum Gasteiger partial charge on any atom is 0.160 e. The molecule has 268 valence electrons. The lowest BCUT2D eigenvalue weighted by molar-refractivity contribution is 0.668. The summed E-state index contributed by atoms with van der Waals surface area (Å²) in [6, 6.07) is 64.3. The number of aromatic nitrogens is 1. The van der Waals surface area contributed by atoms with Crippen LogP contribution in [0.3, 0.4) is 0 Å². The highest BCUT2D eigenvalue weighted by atomic mass is 32.1. The molecule has 0 saturated heterocycles. The number of benzene rings is 8. The van der Waals surface area contributed by atoms with Crippen molar-refractivity contribution in [3.63, 3.8) is 0 Å². The highest BCUT2D eigenvalue weighted by molar-refractivity contribution is 7.26. The largest absolute Gasteiger partial charge is 0.456 e. The van der Waals surface area contributed by atoms with Crippen molar-refractivity contribution in [2.24, 2.45) is 9.98 Å². The maximum absolute atomic E-state index is 6.72. The Labute approximate surface area is 331 Å². The van der Waals surface area contributed by atoms with Crippen LogP contribution < -0.4 is 5.32 Å². The number of thiophene rings is 1. The molecule has 0 amide bonds. The third kappa shape index (κ3) is 5.08. The number of nitrogens with one attached hydrogen (secondary N) is 1. The molecule has 5 nitrogen and oxygen atoms in total. The number of furan rings is 1. The Morgan fingerprint density at radius 2 is 1.25 bits per heavy atom. The minimum absolute atomic E-state index is 0.325. The second-order valence-corrected chi connectivity index (χ2v) is 15.6. The second-order valence-electron chi connectivity index (χ2n) is 14.6. The summed E-state index contributed by atoms with van der Waals surface area (Å²) in [6.45, 7) is 0. The van der Waals surface area contributed by atoms with Gasteiger partial charge in [-0.3, -0.25) is 0 Å². The van der Waals surface area contributed by atoms with Crippen LogP contribution in [0.15, 0.2) is 196 Å². The van der Waals surface area contributed by atoms with Crippen LogP contribution in [0.5, 0.6) is 0 Å². The number of amidine groups is 2. The van der Waals surface area contributed by atoms with E-state index in [0.717, 1.165) is 61.2 Å². The molecule has 0 fully saturated rings. The molecule has 57 heavy (non-hydrogen) atoms. The molecule has 6 heteroatoms. The van der Waals surface area contributed by atoms with Gasteiger partial charge in [0.05, 0.1) is 11.0 Å². The summed E-state index contributed by atoms with van der Waals surface area (Å²) < 4.78 is 11.5. The van der Waals surface area contributed by atoms with Gasteiger partial charge in [-0.05, 0) is 59.2 Å². The minimum atomic E-state index is -0.325. The number of nitrogens with zero attached hydrogens (tertiary/aromatic N) is 3. The molecule has 1 unspecified atom stereocenters. The number of aliphatic imine (C=N–C) groups is 2. The Morgan fingerprint density at radius 1 is 0.526 bits per heavy atom. The maximum atomic E-state index is 6.72. The summed E-state index contributed by atoms with van der Waals surface area (Å²) in [6.07, 6.45) is -0.325. The van der Waals surface area contributed by atoms with Gasteiger partial charge in [-0.25, -0.2) is 9.98 Å². The molecule has 0 saturated carbocycles. The van der Waals surface area contributed by atoms with Crippen LogP contribution in [0, 0.1) is 0 Å². The molecule has 4 heterocycles. The highest BCUT2D eigenvalue weighted by Crippen LogP contribution is 2.40. The van der Waals surface area contributed by atoms with Gasteiger partial charge in [-0.15, -0.1) is 11.3 Å². The van der Waals surface area contributed by atoms with Gasteiger partial charge in [0.1, 0.15) is 23.2 Å². The van der Waals surface area contributed by atoms with E-state index < -0.39 is 0 Å². The average Bonchev–Trinajstić information content (AvgIpc) is 3.96. The van der Waals surface area contributed by atoms with E-state index in [0.29, 0.717) is 5.84 Å². The van der Waals surface area contributed by atoms with Crippen molar-refractivity contribution in [2.75, 3.05) is 0 Å². The quantitative estimate of drug-likeness (QED) is 0.191. The summed E-state index contributed by atoms with van der Waals surface area (Å²) in [5.74, 6) is 1.48. The monoisotopic (exact) mass is 748 g/mol. The third-order valence-electron chi connectivity index (χ3n) is 11.3. The predicted octanol–water partition coefficient (Wildman–Crippen LogP) is 13.2. The highest BCUT2D eigenvalue weighted by Gasteiger charge is 2.25. The van der Waals surface area contributed by atoms with Crippen LogP contribution in [-0.4, -0.2) is 16.2 Å². The van der Waals surface area contributed by atoms with Crippen molar-refractivity contribution >= 4 is 86.9 Å². The van der Waals surface area contributed by atoms with Crippen LogP contribution in [0.1, 0.15) is 22.9 Å². The fourth-order valence-corrected chi connectivity index (χ4v) is 9.86. The van der Waals surface area contributed by atoms with Crippen LogP contribution in [0.2, 0.25) is 0 Å². The van der Waals surface area contributed by atoms with Crippen molar-refractivity contribution < 1.29 is 4.42 Å². The van der Waals surface area contributed by atoms with E-state index in [2.05, 4.69) is 174 Å². The number of fused-ring (bicyclic) bond motifs is 9. The molecule has 1 aliphatic heterocycles. The topological polar surface area (TPSA) is 54.8 Å². The van der Waals surface area contributed by atoms with Gasteiger partial charge in [0, 0.05) is 64.6 Å². The zero-order valence-electron chi connectivity index (χ0n) is 30.6. The van der Waals surface area contributed by atoms with Gasteiger partial charge in [-0.2, -0.15) is 0 Å². The number of hydrogen-bond acceptors (Lipinski definition) is 5. The Balaban J connectivity index is 1.04. The standard InChI is InChI=1S/C51H32N4OS/c1-3-13-31(14-4-1)33-25-27-36-35-17-7-9-22-42(35)55(43(36)29-33)34-26-28-39-45(30-34)56-44-23-12-20-40(47(39)44)50-52-49(32-15-5-2-6-16-32)53-51(54-50)41-21-11-19-38-37-18-8-10-24-46(37)57-48(38)41/h1-30,49H,(H,52,53,54). The molecule has 0 spiro atoms. The summed E-state index contributed by atoms with van der Waals surface area (Å²) >= 11 is 1.80. The van der Waals surface area contributed by atoms with Crippen molar-refractivity contribution in [2.45, 2.75) is 6.17 Å². The van der Waals surface area contributed by atoms with E-state index in [1.165, 1.54) is 42.1 Å². The molecule has 1 N–H and O–H groups in total. The normalized spacial score (nSPS) is 14.5. The molecule has 0 bridgehead atoms. The lowest BCUT2D eigenvalue weighted by atomic mass is 10.0. The predicted molar refractivity (Wildman–Crippen MR) is 238 cm³/mol. The van der Waals surface area contributed by atoms with Gasteiger partial charge in [0.15, 0.2) is 5.84 Å². The SMILES string of the molecule is c1ccc(-c2ccc3c4ccccc4n(-c4ccc5c(c4)oc4cccc(C6=NC(c7ccccc7)NC(c7cccc8c7sc7ccccc78)=N6)c45)c3c2)cc1. The molecule has 1 aliphatic rings. The van der Waals surface area contributed by atoms with E-state index in [4.69, 9.17) is 14.4 Å². The van der Waals surface area contributed by atoms with Crippen molar-refractivity contribution in [1.82, 2.24) is 9.88 Å². The Hall–Kier alpha value is -7.28.